The Hall–Kier alpha value is -0.540. The van der Waals surface area contributed by atoms with Crippen LogP contribution in [0.2, 0.25) is 5.02 Å². The topological polar surface area (TPSA) is 88.3 Å². The van der Waals surface area contributed by atoms with Gasteiger partial charge in [0.1, 0.15) is 4.90 Å². The molecule has 2 heterocycles. The molecule has 0 saturated carbocycles. The lowest BCUT2D eigenvalue weighted by Gasteiger charge is -2.22. The molecular formula is C12H19ClN4O2S2. The second-order valence-electron chi connectivity index (χ2n) is 5.41. The fourth-order valence-electron chi connectivity index (χ4n) is 2.06. The largest absolute Gasteiger partial charge is 0.307 e. The molecule has 6 nitrogen and oxygen atoms in total. The Morgan fingerprint density at radius 1 is 1.48 bits per heavy atom. The molecule has 1 aromatic rings. The minimum atomic E-state index is -3.58. The van der Waals surface area contributed by atoms with E-state index in [2.05, 4.69) is 24.3 Å². The van der Waals surface area contributed by atoms with Gasteiger partial charge in [-0.05, 0) is 12.5 Å². The van der Waals surface area contributed by atoms with Crippen LogP contribution in [0.5, 0.6) is 0 Å². The lowest BCUT2D eigenvalue weighted by atomic mass is 10.1. The zero-order valence-corrected chi connectivity index (χ0v) is 14.4. The average molecular weight is 351 g/mol. The third kappa shape index (κ3) is 3.81. The zero-order chi connectivity index (χ0) is 15.7. The summed E-state index contributed by atoms with van der Waals surface area (Å²) in [6.45, 7) is 5.25. The average Bonchev–Trinajstić information content (AvgIpc) is 2.60. The van der Waals surface area contributed by atoms with Gasteiger partial charge in [-0.2, -0.15) is 16.1 Å². The molecule has 9 heteroatoms. The SMILES string of the molecule is CC1(C)CCN(S(=O)(=O)c2cnc(NN)c(Cl)c2)CCS1. The maximum absolute atomic E-state index is 12.7. The monoisotopic (exact) mass is 350 g/mol. The minimum Gasteiger partial charge on any atom is -0.307 e. The summed E-state index contributed by atoms with van der Waals surface area (Å²) in [5.41, 5.74) is 2.32. The molecule has 0 amide bonds. The van der Waals surface area contributed by atoms with E-state index >= 15 is 0 Å². The van der Waals surface area contributed by atoms with Crippen LogP contribution in [-0.2, 0) is 10.0 Å². The fraction of sp³-hybridized carbons (Fsp3) is 0.583. The number of hydrogen-bond donors (Lipinski definition) is 2. The van der Waals surface area contributed by atoms with Gasteiger partial charge < -0.3 is 5.43 Å². The molecule has 3 N–H and O–H groups in total. The van der Waals surface area contributed by atoms with Crippen molar-refractivity contribution in [2.75, 3.05) is 24.3 Å². The maximum Gasteiger partial charge on any atom is 0.244 e. The number of nitrogens with zero attached hydrogens (tertiary/aromatic N) is 2. The number of anilines is 1. The number of pyridine rings is 1. The molecule has 0 aliphatic carbocycles. The zero-order valence-electron chi connectivity index (χ0n) is 12.0. The van der Waals surface area contributed by atoms with Crippen LogP contribution in [0.1, 0.15) is 20.3 Å². The smallest absolute Gasteiger partial charge is 0.244 e. The fourth-order valence-corrected chi connectivity index (χ4v) is 4.97. The molecule has 0 spiro atoms. The molecule has 0 unspecified atom stereocenters. The molecule has 0 radical (unpaired) electrons. The predicted molar refractivity (Wildman–Crippen MR) is 87.0 cm³/mol. The summed E-state index contributed by atoms with van der Waals surface area (Å²) in [5, 5.41) is 0.183. The van der Waals surface area contributed by atoms with Gasteiger partial charge in [-0.1, -0.05) is 25.4 Å². The van der Waals surface area contributed by atoms with Crippen LogP contribution < -0.4 is 11.3 Å². The van der Waals surface area contributed by atoms with Gasteiger partial charge in [0.2, 0.25) is 10.0 Å². The van der Waals surface area contributed by atoms with E-state index in [4.69, 9.17) is 17.4 Å². The van der Waals surface area contributed by atoms with Crippen LogP contribution in [0.4, 0.5) is 5.82 Å². The molecular weight excluding hydrogens is 332 g/mol. The second-order valence-corrected chi connectivity index (χ2v) is 9.56. The highest BCUT2D eigenvalue weighted by Gasteiger charge is 2.31. The Bertz CT molecular complexity index is 622. The molecule has 1 saturated heterocycles. The highest BCUT2D eigenvalue weighted by Crippen LogP contribution is 2.33. The number of hydrazine groups is 1. The van der Waals surface area contributed by atoms with Gasteiger partial charge in [0, 0.05) is 29.8 Å². The van der Waals surface area contributed by atoms with E-state index in [-0.39, 0.29) is 20.5 Å². The molecule has 1 aromatic heterocycles. The van der Waals surface area contributed by atoms with Crippen molar-refractivity contribution in [3.63, 3.8) is 0 Å². The third-order valence-electron chi connectivity index (χ3n) is 3.39. The van der Waals surface area contributed by atoms with Crippen molar-refractivity contribution < 1.29 is 8.42 Å². The second kappa shape index (κ2) is 6.29. The summed E-state index contributed by atoms with van der Waals surface area (Å²) in [6.07, 6.45) is 2.08. The van der Waals surface area contributed by atoms with Crippen LogP contribution in [0.25, 0.3) is 0 Å². The molecule has 1 fully saturated rings. The number of rotatable bonds is 3. The first-order valence-electron chi connectivity index (χ1n) is 6.52. The van der Waals surface area contributed by atoms with Gasteiger partial charge >= 0.3 is 0 Å². The van der Waals surface area contributed by atoms with Crippen molar-refractivity contribution in [2.45, 2.75) is 29.9 Å². The molecule has 21 heavy (non-hydrogen) atoms. The van der Waals surface area contributed by atoms with E-state index in [1.807, 2.05) is 0 Å². The Labute approximate surface area is 134 Å². The van der Waals surface area contributed by atoms with E-state index in [0.717, 1.165) is 12.2 Å². The lowest BCUT2D eigenvalue weighted by molar-refractivity contribution is 0.415. The summed E-state index contributed by atoms with van der Waals surface area (Å²) < 4.78 is 26.9. The van der Waals surface area contributed by atoms with Crippen molar-refractivity contribution in [1.29, 1.82) is 0 Å². The number of aromatic nitrogens is 1. The van der Waals surface area contributed by atoms with Crippen molar-refractivity contribution in [3.05, 3.63) is 17.3 Å². The number of halogens is 1. The first-order valence-corrected chi connectivity index (χ1v) is 9.33. The van der Waals surface area contributed by atoms with Gasteiger partial charge in [-0.15, -0.1) is 0 Å². The summed E-state index contributed by atoms with van der Waals surface area (Å²) in [5.74, 6) is 6.27. The normalized spacial score (nSPS) is 20.0. The number of thioether (sulfide) groups is 1. The Morgan fingerprint density at radius 3 is 2.81 bits per heavy atom. The number of sulfonamides is 1. The van der Waals surface area contributed by atoms with Crippen LogP contribution in [0.15, 0.2) is 17.2 Å². The van der Waals surface area contributed by atoms with Crippen molar-refractivity contribution in [1.82, 2.24) is 9.29 Å². The Kier molecular flexibility index (Phi) is 5.04. The first kappa shape index (κ1) is 16.8. The van der Waals surface area contributed by atoms with Gasteiger partial charge in [-0.3, -0.25) is 0 Å². The van der Waals surface area contributed by atoms with E-state index in [1.54, 1.807) is 11.8 Å². The third-order valence-corrected chi connectivity index (χ3v) is 6.91. The van der Waals surface area contributed by atoms with Crippen molar-refractivity contribution in [2.24, 2.45) is 5.84 Å². The summed E-state index contributed by atoms with van der Waals surface area (Å²) in [6, 6.07) is 1.38. The van der Waals surface area contributed by atoms with Gasteiger partial charge in [0.15, 0.2) is 5.82 Å². The molecule has 0 atom stereocenters. The lowest BCUT2D eigenvalue weighted by Crippen LogP contribution is -2.33. The first-order chi connectivity index (χ1) is 9.76. The maximum atomic E-state index is 12.7. The van der Waals surface area contributed by atoms with Gasteiger partial charge in [0.25, 0.3) is 0 Å². The van der Waals surface area contributed by atoms with Gasteiger partial charge in [0.05, 0.1) is 5.02 Å². The quantitative estimate of drug-likeness (QED) is 0.639. The minimum absolute atomic E-state index is 0.0908. The highest BCUT2D eigenvalue weighted by atomic mass is 35.5. The van der Waals surface area contributed by atoms with Crippen LogP contribution in [-0.4, -0.2) is 41.3 Å². The van der Waals surface area contributed by atoms with Crippen molar-refractivity contribution in [3.8, 4) is 0 Å². The highest BCUT2D eigenvalue weighted by molar-refractivity contribution is 8.00. The summed E-state index contributed by atoms with van der Waals surface area (Å²) >= 11 is 7.75. The summed E-state index contributed by atoms with van der Waals surface area (Å²) in [7, 11) is -3.58. The number of nitrogen functional groups attached to an aromatic ring is 1. The van der Waals surface area contributed by atoms with Crippen LogP contribution >= 0.6 is 23.4 Å². The van der Waals surface area contributed by atoms with E-state index < -0.39 is 10.0 Å². The van der Waals surface area contributed by atoms with E-state index in [0.29, 0.717) is 13.1 Å². The predicted octanol–water partition coefficient (Wildman–Crippen LogP) is 1.93. The molecule has 0 aromatic carbocycles. The van der Waals surface area contributed by atoms with Crippen LogP contribution in [0, 0.1) is 0 Å². The van der Waals surface area contributed by atoms with Gasteiger partial charge in [-0.25, -0.2) is 19.2 Å². The van der Waals surface area contributed by atoms with E-state index in [1.165, 1.54) is 16.6 Å². The molecule has 2 rings (SSSR count). The van der Waals surface area contributed by atoms with Crippen molar-refractivity contribution >= 4 is 39.2 Å². The Balaban J connectivity index is 2.27. The molecule has 118 valence electrons. The molecule has 0 bridgehead atoms. The standard InChI is InChI=1S/C12H19ClN4O2S2/c1-12(2)3-4-17(5-6-20-12)21(18,19)9-7-10(13)11(16-14)15-8-9/h7-8H,3-6,14H2,1-2H3,(H,15,16). The van der Waals surface area contributed by atoms with Crippen LogP contribution in [0.3, 0.4) is 0 Å². The molecule has 1 aliphatic heterocycles. The van der Waals surface area contributed by atoms with E-state index in [9.17, 15) is 8.42 Å². The summed E-state index contributed by atoms with van der Waals surface area (Å²) in [4.78, 5) is 4.02. The number of nitrogens with two attached hydrogens (primary N) is 1. The Morgan fingerprint density at radius 2 is 2.19 bits per heavy atom. The number of hydrogen-bond acceptors (Lipinski definition) is 6. The number of nitrogens with one attached hydrogen (secondary N) is 1. The molecule has 1 aliphatic rings.